The first-order valence-electron chi connectivity index (χ1n) is 10.4. The Morgan fingerprint density at radius 3 is 2.80 bits per heavy atom. The number of alkyl halides is 1. The number of pyridine rings is 1. The molecule has 9 heteroatoms. The molecule has 152 valence electrons. The van der Waals surface area contributed by atoms with Crippen molar-refractivity contribution in [3.05, 3.63) is 35.9 Å². The van der Waals surface area contributed by atoms with Crippen LogP contribution in [0.4, 0.5) is 21.8 Å². The van der Waals surface area contributed by atoms with Crippen LogP contribution in [-0.2, 0) is 10.2 Å². The van der Waals surface area contributed by atoms with E-state index >= 15 is 0 Å². The van der Waals surface area contributed by atoms with Crippen molar-refractivity contribution in [2.75, 3.05) is 10.2 Å². The molecule has 1 N–H and O–H groups in total. The summed E-state index contributed by atoms with van der Waals surface area (Å²) in [5, 5.41) is 7.45. The molecule has 0 saturated heterocycles. The fourth-order valence-electron chi connectivity index (χ4n) is 5.77. The molecule has 8 rings (SSSR count). The summed E-state index contributed by atoms with van der Waals surface area (Å²) >= 11 is 0. The summed E-state index contributed by atoms with van der Waals surface area (Å²) in [6.07, 6.45) is 7.88. The second-order valence-corrected chi connectivity index (χ2v) is 9.32. The van der Waals surface area contributed by atoms with E-state index in [4.69, 9.17) is 4.98 Å². The molecule has 1 amide bonds. The smallest absolute Gasteiger partial charge is 0.239 e. The highest BCUT2D eigenvalue weighted by Crippen LogP contribution is 2.64. The molecule has 4 aliphatic carbocycles. The van der Waals surface area contributed by atoms with Crippen molar-refractivity contribution in [3.8, 4) is 0 Å². The Hall–Kier alpha value is -3.10. The average Bonchev–Trinajstić information content (AvgIpc) is 2.99. The molecule has 1 aliphatic heterocycles. The number of carbonyl (C=O) groups is 1. The fraction of sp³-hybridized carbons (Fsp3) is 0.476. The Morgan fingerprint density at radius 2 is 2.07 bits per heavy atom. The van der Waals surface area contributed by atoms with Crippen molar-refractivity contribution in [2.24, 2.45) is 5.92 Å². The quantitative estimate of drug-likeness (QED) is 0.721. The number of nitrogens with zero attached hydrogens (tertiary/aromatic N) is 6. The molecule has 8 nitrogen and oxygen atoms in total. The van der Waals surface area contributed by atoms with Crippen molar-refractivity contribution in [1.82, 2.24) is 24.6 Å². The number of amides is 1. The minimum absolute atomic E-state index is 0.0912. The average molecular weight is 405 g/mol. The molecule has 3 aromatic heterocycles. The summed E-state index contributed by atoms with van der Waals surface area (Å²) in [7, 11) is 0. The molecule has 1 spiro atoms. The Kier molecular flexibility index (Phi) is 2.86. The van der Waals surface area contributed by atoms with Gasteiger partial charge in [-0.25, -0.2) is 18.9 Å². The van der Waals surface area contributed by atoms with Gasteiger partial charge in [-0.3, -0.25) is 9.69 Å². The highest BCUT2D eigenvalue weighted by Gasteiger charge is 2.69. The highest BCUT2D eigenvalue weighted by molar-refractivity contribution is 6.10. The van der Waals surface area contributed by atoms with E-state index < -0.39 is 17.1 Å². The predicted molar refractivity (Wildman–Crippen MR) is 106 cm³/mol. The van der Waals surface area contributed by atoms with Crippen LogP contribution in [0.15, 0.2) is 24.8 Å². The van der Waals surface area contributed by atoms with Crippen molar-refractivity contribution in [3.63, 3.8) is 0 Å². The minimum Gasteiger partial charge on any atom is -0.323 e. The van der Waals surface area contributed by atoms with Gasteiger partial charge in [0, 0.05) is 18.2 Å². The van der Waals surface area contributed by atoms with E-state index in [1.54, 1.807) is 10.7 Å². The van der Waals surface area contributed by atoms with E-state index in [1.807, 2.05) is 24.1 Å². The first-order valence-corrected chi connectivity index (χ1v) is 10.4. The van der Waals surface area contributed by atoms with Gasteiger partial charge in [-0.1, -0.05) is 0 Å². The van der Waals surface area contributed by atoms with Gasteiger partial charge in [-0.05, 0) is 50.2 Å². The number of nitrogens with one attached hydrogen (secondary N) is 1. The Morgan fingerprint density at radius 1 is 1.23 bits per heavy atom. The van der Waals surface area contributed by atoms with Crippen molar-refractivity contribution in [1.29, 1.82) is 0 Å². The predicted octanol–water partition coefficient (Wildman–Crippen LogP) is 2.84. The lowest BCUT2D eigenvalue weighted by atomic mass is 9.75. The number of halogens is 1. The van der Waals surface area contributed by atoms with Crippen LogP contribution in [0.5, 0.6) is 0 Å². The number of rotatable bonds is 3. The Bertz CT molecular complexity index is 1240. The molecule has 4 saturated carbocycles. The molecule has 4 heterocycles. The zero-order valence-electron chi connectivity index (χ0n) is 16.5. The number of fused-ring (bicyclic) bond motifs is 4. The van der Waals surface area contributed by atoms with Crippen LogP contribution < -0.4 is 10.2 Å². The van der Waals surface area contributed by atoms with Crippen LogP contribution in [0.2, 0.25) is 0 Å². The summed E-state index contributed by atoms with van der Waals surface area (Å²) in [5.41, 5.74) is 2.60. The number of aromatic nitrogens is 5. The van der Waals surface area contributed by atoms with Crippen molar-refractivity contribution in [2.45, 2.75) is 56.2 Å². The Balaban J connectivity index is 1.30. The van der Waals surface area contributed by atoms with Gasteiger partial charge in [0.25, 0.3) is 0 Å². The van der Waals surface area contributed by atoms with Crippen LogP contribution in [0, 0.1) is 12.8 Å². The van der Waals surface area contributed by atoms with Gasteiger partial charge in [-0.2, -0.15) is 10.1 Å². The van der Waals surface area contributed by atoms with Crippen LogP contribution in [-0.4, -0.2) is 42.2 Å². The van der Waals surface area contributed by atoms with Crippen LogP contribution >= 0.6 is 0 Å². The van der Waals surface area contributed by atoms with Gasteiger partial charge in [0.2, 0.25) is 11.9 Å². The number of hydrogen-bond donors (Lipinski definition) is 1. The maximum absolute atomic E-state index is 14.3. The van der Waals surface area contributed by atoms with Gasteiger partial charge in [-0.15, -0.1) is 0 Å². The first-order chi connectivity index (χ1) is 14.5. The summed E-state index contributed by atoms with van der Waals surface area (Å²) in [5.74, 6) is 1.28. The Labute approximate surface area is 171 Å². The molecule has 0 aromatic carbocycles. The fourth-order valence-corrected chi connectivity index (χ4v) is 5.77. The maximum Gasteiger partial charge on any atom is 0.239 e. The van der Waals surface area contributed by atoms with Gasteiger partial charge in [0.1, 0.15) is 18.3 Å². The number of carbonyl (C=O) groups excluding carboxylic acids is 1. The summed E-state index contributed by atoms with van der Waals surface area (Å²) in [6, 6.07) is 1.94. The van der Waals surface area contributed by atoms with E-state index in [0.717, 1.165) is 48.1 Å². The minimum atomic E-state index is -0.812. The zero-order chi connectivity index (χ0) is 20.3. The number of anilines is 3. The summed E-state index contributed by atoms with van der Waals surface area (Å²) in [6.45, 7) is 1.98. The summed E-state index contributed by atoms with van der Waals surface area (Å²) < 4.78 is 16.0. The highest BCUT2D eigenvalue weighted by atomic mass is 19.1. The molecule has 1 unspecified atom stereocenters. The molecule has 30 heavy (non-hydrogen) atoms. The molecule has 1 atom stereocenters. The number of hydrogen-bond acceptors (Lipinski definition) is 6. The van der Waals surface area contributed by atoms with E-state index in [1.165, 1.54) is 6.33 Å². The lowest BCUT2D eigenvalue weighted by Gasteiger charge is -2.45. The molecule has 3 aromatic rings. The third kappa shape index (κ3) is 1.93. The monoisotopic (exact) mass is 405 g/mol. The SMILES string of the molecule is Cc1cc2ncnn2cc1Nc1ncc2c(n1)N(C13CC(F)C(C1)C3)C(=O)C21CC1. The molecular formula is C21H20FN7O. The van der Waals surface area contributed by atoms with Crippen LogP contribution in [0.25, 0.3) is 5.65 Å². The number of aryl methyl sites for hydroxylation is 1. The topological polar surface area (TPSA) is 88.3 Å². The van der Waals surface area contributed by atoms with E-state index in [0.29, 0.717) is 18.2 Å². The van der Waals surface area contributed by atoms with E-state index in [9.17, 15) is 9.18 Å². The van der Waals surface area contributed by atoms with Gasteiger partial charge >= 0.3 is 0 Å². The standard InChI is InChI=1S/C21H20FN7O/c1-11-4-16-24-10-25-28(16)9-15(11)26-19-23-8-13-17(27-19)29(18(30)21(13)2-3-21)20-5-12(6-20)14(22)7-20/h4,8-10,12,14H,2-3,5-7H2,1H3,(H,23,26,27). The molecule has 5 aliphatic rings. The maximum atomic E-state index is 14.3. The van der Waals surface area contributed by atoms with Gasteiger partial charge in [0.15, 0.2) is 5.65 Å². The first kappa shape index (κ1) is 16.7. The third-order valence-electron chi connectivity index (χ3n) is 7.57. The van der Waals surface area contributed by atoms with E-state index in [-0.39, 0.29) is 11.8 Å². The normalized spacial score (nSPS) is 30.1. The molecular weight excluding hydrogens is 385 g/mol. The zero-order valence-corrected chi connectivity index (χ0v) is 16.5. The van der Waals surface area contributed by atoms with Gasteiger partial charge in [0.05, 0.1) is 22.8 Å². The van der Waals surface area contributed by atoms with Crippen molar-refractivity contribution < 1.29 is 9.18 Å². The van der Waals surface area contributed by atoms with E-state index in [2.05, 4.69) is 20.4 Å². The lowest BCUT2D eigenvalue weighted by molar-refractivity contribution is -0.122. The molecule has 4 fully saturated rings. The molecule has 0 radical (unpaired) electrons. The van der Waals surface area contributed by atoms with Crippen LogP contribution in [0.1, 0.15) is 43.2 Å². The van der Waals surface area contributed by atoms with Crippen LogP contribution in [0.3, 0.4) is 0 Å². The van der Waals surface area contributed by atoms with Crippen molar-refractivity contribution >= 4 is 29.0 Å². The largest absolute Gasteiger partial charge is 0.323 e. The lowest BCUT2D eigenvalue weighted by Crippen LogP contribution is -2.55. The van der Waals surface area contributed by atoms with Gasteiger partial charge < -0.3 is 5.32 Å². The third-order valence-corrected chi connectivity index (χ3v) is 7.57. The summed E-state index contributed by atoms with van der Waals surface area (Å²) in [4.78, 5) is 28.7. The molecule has 2 bridgehead atoms. The second-order valence-electron chi connectivity index (χ2n) is 9.32. The second kappa shape index (κ2) is 5.14.